The smallest absolute Gasteiger partial charge is 0.277 e. The summed E-state index contributed by atoms with van der Waals surface area (Å²) in [7, 11) is 0. The number of halogens is 1. The molecule has 0 saturated heterocycles. The fraction of sp³-hybridized carbons (Fsp3) is 0.300. The van der Waals surface area contributed by atoms with E-state index in [0.29, 0.717) is 5.75 Å². The largest absolute Gasteiger partial charge is 0.483 e. The summed E-state index contributed by atoms with van der Waals surface area (Å²) in [4.78, 5) is 11.8. The summed E-state index contributed by atoms with van der Waals surface area (Å²) in [5, 5.41) is 3.95. The van der Waals surface area contributed by atoms with Gasteiger partial charge in [0.1, 0.15) is 5.75 Å². The van der Waals surface area contributed by atoms with Gasteiger partial charge in [-0.15, -0.1) is 0 Å². The van der Waals surface area contributed by atoms with Crippen molar-refractivity contribution in [2.45, 2.75) is 33.1 Å². The number of rotatable bonds is 5. The molecule has 2 aromatic rings. The Bertz CT molecular complexity index is 780. The van der Waals surface area contributed by atoms with Crippen LogP contribution in [0.1, 0.15) is 37.5 Å². The molecule has 132 valence electrons. The number of hydrazone groups is 1. The van der Waals surface area contributed by atoms with E-state index in [0.717, 1.165) is 15.6 Å². The molecular weight excluding hydrogens is 380 g/mol. The zero-order chi connectivity index (χ0) is 18.4. The molecule has 0 saturated carbocycles. The third-order valence-electron chi connectivity index (χ3n) is 3.60. The Morgan fingerprint density at radius 3 is 2.64 bits per heavy atom. The average molecular weight is 403 g/mol. The Hall–Kier alpha value is -2.14. The van der Waals surface area contributed by atoms with E-state index < -0.39 is 0 Å². The Morgan fingerprint density at radius 2 is 2.00 bits per heavy atom. The molecule has 0 spiro atoms. The van der Waals surface area contributed by atoms with Crippen LogP contribution in [0.25, 0.3) is 0 Å². The predicted molar refractivity (Wildman–Crippen MR) is 105 cm³/mol. The van der Waals surface area contributed by atoms with Gasteiger partial charge in [-0.05, 0) is 51.5 Å². The molecular formula is C20H23BrN2O2. The van der Waals surface area contributed by atoms with Crippen LogP contribution in [0.15, 0.2) is 52.0 Å². The second-order valence-corrected chi connectivity index (χ2v) is 7.75. The molecule has 0 bridgehead atoms. The second-order valence-electron chi connectivity index (χ2n) is 6.89. The van der Waals surface area contributed by atoms with Crippen molar-refractivity contribution in [2.75, 3.05) is 6.61 Å². The van der Waals surface area contributed by atoms with E-state index in [1.54, 1.807) is 6.21 Å². The molecule has 2 rings (SSSR count). The number of nitrogens with one attached hydrogen (secondary N) is 1. The predicted octanol–water partition coefficient (Wildman–Crippen LogP) is 4.58. The number of benzene rings is 2. The maximum atomic E-state index is 11.8. The number of hydrogen-bond acceptors (Lipinski definition) is 3. The normalized spacial score (nSPS) is 11.6. The maximum Gasteiger partial charge on any atom is 0.277 e. The lowest BCUT2D eigenvalue weighted by Crippen LogP contribution is -2.24. The molecule has 1 N–H and O–H groups in total. The number of aryl methyl sites for hydroxylation is 1. The molecule has 0 aliphatic heterocycles. The van der Waals surface area contributed by atoms with E-state index in [2.05, 4.69) is 47.2 Å². The number of carbonyl (C=O) groups is 1. The van der Waals surface area contributed by atoms with Crippen LogP contribution in [0, 0.1) is 6.92 Å². The first kappa shape index (κ1) is 19.2. The van der Waals surface area contributed by atoms with Gasteiger partial charge >= 0.3 is 0 Å². The fourth-order valence-corrected chi connectivity index (χ4v) is 2.68. The standard InChI is InChI=1S/C20H23BrN2O2/c1-14-6-5-7-15(10-14)12-22-23-19(24)13-25-18-9-8-16(11-17(18)21)20(2,3)4/h5-12H,13H2,1-4H3,(H,23,24)/b22-12+. The highest BCUT2D eigenvalue weighted by atomic mass is 79.9. The van der Waals surface area contributed by atoms with E-state index in [1.807, 2.05) is 49.4 Å². The Labute approximate surface area is 157 Å². The van der Waals surface area contributed by atoms with Gasteiger partial charge in [0, 0.05) is 0 Å². The summed E-state index contributed by atoms with van der Waals surface area (Å²) in [5.41, 5.74) is 5.79. The number of carbonyl (C=O) groups excluding carboxylic acids is 1. The third kappa shape index (κ3) is 6.02. The van der Waals surface area contributed by atoms with Gasteiger partial charge in [0.05, 0.1) is 10.7 Å². The van der Waals surface area contributed by atoms with Crippen LogP contribution in [-0.2, 0) is 10.2 Å². The fourth-order valence-electron chi connectivity index (χ4n) is 2.19. The molecule has 0 atom stereocenters. The highest BCUT2D eigenvalue weighted by Crippen LogP contribution is 2.31. The summed E-state index contributed by atoms with van der Waals surface area (Å²) in [6.07, 6.45) is 1.61. The number of nitrogens with zero attached hydrogens (tertiary/aromatic N) is 1. The zero-order valence-electron chi connectivity index (χ0n) is 15.0. The molecule has 0 unspecified atom stereocenters. The second kappa shape index (κ2) is 8.30. The van der Waals surface area contributed by atoms with Gasteiger partial charge < -0.3 is 4.74 Å². The molecule has 25 heavy (non-hydrogen) atoms. The van der Waals surface area contributed by atoms with Crippen LogP contribution in [-0.4, -0.2) is 18.7 Å². The molecule has 0 aromatic heterocycles. The first-order valence-electron chi connectivity index (χ1n) is 8.07. The highest BCUT2D eigenvalue weighted by molar-refractivity contribution is 9.10. The van der Waals surface area contributed by atoms with Crippen molar-refractivity contribution in [2.24, 2.45) is 5.10 Å². The summed E-state index contributed by atoms with van der Waals surface area (Å²) in [5.74, 6) is 0.321. The van der Waals surface area contributed by atoms with Crippen LogP contribution >= 0.6 is 15.9 Å². The first-order chi connectivity index (χ1) is 11.8. The van der Waals surface area contributed by atoms with Crippen LogP contribution in [0.4, 0.5) is 0 Å². The topological polar surface area (TPSA) is 50.7 Å². The lowest BCUT2D eigenvalue weighted by atomic mass is 9.87. The molecule has 0 aliphatic carbocycles. The molecule has 0 radical (unpaired) electrons. The van der Waals surface area contributed by atoms with Crippen molar-refractivity contribution in [1.29, 1.82) is 0 Å². The van der Waals surface area contributed by atoms with E-state index in [1.165, 1.54) is 5.56 Å². The van der Waals surface area contributed by atoms with Crippen LogP contribution in [0.5, 0.6) is 5.75 Å². The molecule has 1 amide bonds. The van der Waals surface area contributed by atoms with Crippen molar-refractivity contribution in [1.82, 2.24) is 5.43 Å². The van der Waals surface area contributed by atoms with Gasteiger partial charge in [0.25, 0.3) is 5.91 Å². The Balaban J connectivity index is 1.88. The molecule has 0 fully saturated rings. The van der Waals surface area contributed by atoms with Crippen LogP contribution < -0.4 is 10.2 Å². The molecule has 0 aliphatic rings. The quantitative estimate of drug-likeness (QED) is 0.587. The Morgan fingerprint density at radius 1 is 1.24 bits per heavy atom. The molecule has 0 heterocycles. The highest BCUT2D eigenvalue weighted by Gasteiger charge is 2.15. The summed E-state index contributed by atoms with van der Waals surface area (Å²) >= 11 is 3.49. The van der Waals surface area contributed by atoms with E-state index in [4.69, 9.17) is 4.74 Å². The van der Waals surface area contributed by atoms with E-state index in [9.17, 15) is 4.79 Å². The zero-order valence-corrected chi connectivity index (χ0v) is 16.6. The van der Waals surface area contributed by atoms with Gasteiger partial charge in [-0.1, -0.05) is 56.7 Å². The van der Waals surface area contributed by atoms with Crippen molar-refractivity contribution in [3.05, 3.63) is 63.6 Å². The van der Waals surface area contributed by atoms with Gasteiger partial charge in [-0.2, -0.15) is 5.10 Å². The van der Waals surface area contributed by atoms with Crippen molar-refractivity contribution < 1.29 is 9.53 Å². The average Bonchev–Trinajstić information content (AvgIpc) is 2.53. The first-order valence-corrected chi connectivity index (χ1v) is 8.86. The monoisotopic (exact) mass is 402 g/mol. The summed E-state index contributed by atoms with van der Waals surface area (Å²) < 4.78 is 6.38. The summed E-state index contributed by atoms with van der Waals surface area (Å²) in [6.45, 7) is 8.35. The summed E-state index contributed by atoms with van der Waals surface area (Å²) in [6, 6.07) is 13.8. The lowest BCUT2D eigenvalue weighted by Gasteiger charge is -2.20. The molecule has 2 aromatic carbocycles. The van der Waals surface area contributed by atoms with Gasteiger partial charge in [0.2, 0.25) is 0 Å². The minimum absolute atomic E-state index is 0.0585. The molecule has 5 heteroatoms. The van der Waals surface area contributed by atoms with Gasteiger partial charge in [-0.3, -0.25) is 4.79 Å². The number of hydrogen-bond donors (Lipinski definition) is 1. The van der Waals surface area contributed by atoms with Crippen LogP contribution in [0.2, 0.25) is 0 Å². The minimum Gasteiger partial charge on any atom is -0.483 e. The van der Waals surface area contributed by atoms with Crippen molar-refractivity contribution in [3.63, 3.8) is 0 Å². The SMILES string of the molecule is Cc1cccc(/C=N/NC(=O)COc2ccc(C(C)(C)C)cc2Br)c1. The van der Waals surface area contributed by atoms with E-state index >= 15 is 0 Å². The Kier molecular flexibility index (Phi) is 6.37. The van der Waals surface area contributed by atoms with Gasteiger partial charge in [0.15, 0.2) is 6.61 Å². The third-order valence-corrected chi connectivity index (χ3v) is 4.22. The molecule has 4 nitrogen and oxygen atoms in total. The number of ether oxygens (including phenoxy) is 1. The minimum atomic E-state index is -0.310. The number of amides is 1. The lowest BCUT2D eigenvalue weighted by molar-refractivity contribution is -0.123. The van der Waals surface area contributed by atoms with Gasteiger partial charge in [-0.25, -0.2) is 5.43 Å². The maximum absolute atomic E-state index is 11.8. The van der Waals surface area contributed by atoms with E-state index in [-0.39, 0.29) is 17.9 Å². The van der Waals surface area contributed by atoms with Crippen LogP contribution in [0.3, 0.4) is 0 Å². The van der Waals surface area contributed by atoms with Crippen molar-refractivity contribution in [3.8, 4) is 5.75 Å². The van der Waals surface area contributed by atoms with Crippen molar-refractivity contribution >= 4 is 28.1 Å².